The highest BCUT2D eigenvalue weighted by Gasteiger charge is 2.26. The van der Waals surface area contributed by atoms with E-state index in [2.05, 4.69) is 33.0 Å². The number of nitrogens with zero attached hydrogens (tertiary/aromatic N) is 1. The Morgan fingerprint density at radius 1 is 1.33 bits per heavy atom. The van der Waals surface area contributed by atoms with Crippen LogP contribution in [0.1, 0.15) is 30.6 Å². The average Bonchev–Trinajstić information content (AvgIpc) is 3.10. The van der Waals surface area contributed by atoms with Crippen molar-refractivity contribution in [2.24, 2.45) is 11.8 Å². The summed E-state index contributed by atoms with van der Waals surface area (Å²) < 4.78 is 0. The van der Waals surface area contributed by atoms with E-state index in [0.717, 1.165) is 44.8 Å². The Morgan fingerprint density at radius 3 is 2.83 bits per heavy atom. The van der Waals surface area contributed by atoms with Gasteiger partial charge in [0.25, 0.3) is 0 Å². The fourth-order valence-corrected chi connectivity index (χ4v) is 4.44. The lowest BCUT2D eigenvalue weighted by atomic mass is 9.93. The van der Waals surface area contributed by atoms with E-state index in [-0.39, 0.29) is 24.2 Å². The van der Waals surface area contributed by atoms with Gasteiger partial charge in [0, 0.05) is 23.9 Å². The number of amides is 1. The number of nitrogens with one attached hydrogen (secondary N) is 2. The molecule has 1 unspecified atom stereocenters. The molecular weight excluding hydrogens is 342 g/mol. The van der Waals surface area contributed by atoms with Gasteiger partial charge in [-0.25, -0.2) is 0 Å². The maximum absolute atomic E-state index is 12.3. The lowest BCUT2D eigenvalue weighted by molar-refractivity contribution is -0.126. The second-order valence-corrected chi connectivity index (χ2v) is 7.94. The van der Waals surface area contributed by atoms with Crippen molar-refractivity contribution in [3.8, 4) is 0 Å². The Hall–Kier alpha value is -0.620. The van der Waals surface area contributed by atoms with Crippen LogP contribution in [0, 0.1) is 11.8 Å². The van der Waals surface area contributed by atoms with E-state index in [0.29, 0.717) is 0 Å². The van der Waals surface area contributed by atoms with Gasteiger partial charge in [-0.05, 0) is 75.6 Å². The lowest BCUT2D eigenvalue weighted by Crippen LogP contribution is -2.44. The number of carbonyl (C=O) groups is 1. The van der Waals surface area contributed by atoms with Crippen LogP contribution < -0.4 is 10.6 Å². The molecule has 0 radical (unpaired) electrons. The largest absolute Gasteiger partial charge is 0.355 e. The van der Waals surface area contributed by atoms with Crippen LogP contribution in [0.2, 0.25) is 0 Å². The minimum absolute atomic E-state index is 0. The van der Waals surface area contributed by atoms with Gasteiger partial charge in [-0.15, -0.1) is 23.7 Å². The normalized spacial score (nSPS) is 22.8. The van der Waals surface area contributed by atoms with Crippen LogP contribution in [0.15, 0.2) is 17.5 Å². The first-order chi connectivity index (χ1) is 11.3. The molecule has 3 heterocycles. The Kier molecular flexibility index (Phi) is 8.53. The van der Waals surface area contributed by atoms with Crippen LogP contribution in [0.4, 0.5) is 0 Å². The number of hydrogen-bond acceptors (Lipinski definition) is 4. The van der Waals surface area contributed by atoms with Crippen LogP contribution in [0.3, 0.4) is 0 Å². The molecule has 0 aliphatic carbocycles. The SMILES string of the molecule is Cl.O=C(NCCc1cccs1)C1CCN(CC2CCCNC2)CC1. The molecule has 2 aliphatic rings. The molecule has 2 N–H and O–H groups in total. The molecule has 0 spiro atoms. The van der Waals surface area contributed by atoms with Gasteiger partial charge in [-0.2, -0.15) is 0 Å². The van der Waals surface area contributed by atoms with Crippen molar-refractivity contribution in [2.75, 3.05) is 39.3 Å². The van der Waals surface area contributed by atoms with Crippen molar-refractivity contribution >= 4 is 29.7 Å². The monoisotopic (exact) mass is 371 g/mol. The maximum atomic E-state index is 12.3. The van der Waals surface area contributed by atoms with Gasteiger partial charge >= 0.3 is 0 Å². The molecule has 1 aromatic rings. The smallest absolute Gasteiger partial charge is 0.223 e. The minimum Gasteiger partial charge on any atom is -0.355 e. The van der Waals surface area contributed by atoms with Gasteiger partial charge in [0.15, 0.2) is 0 Å². The topological polar surface area (TPSA) is 44.4 Å². The number of halogens is 1. The first-order valence-electron chi connectivity index (χ1n) is 9.04. The van der Waals surface area contributed by atoms with Crippen LogP contribution >= 0.6 is 23.7 Å². The zero-order chi connectivity index (χ0) is 15.9. The van der Waals surface area contributed by atoms with Gasteiger partial charge < -0.3 is 15.5 Å². The molecule has 0 aromatic carbocycles. The fourth-order valence-electron chi connectivity index (χ4n) is 3.73. The Bertz CT molecular complexity index is 469. The second kappa shape index (κ2) is 10.4. The lowest BCUT2D eigenvalue weighted by Gasteiger charge is -2.35. The predicted molar refractivity (Wildman–Crippen MR) is 103 cm³/mol. The van der Waals surface area contributed by atoms with E-state index < -0.39 is 0 Å². The number of piperidine rings is 2. The van der Waals surface area contributed by atoms with Crippen molar-refractivity contribution in [1.29, 1.82) is 0 Å². The third kappa shape index (κ3) is 6.03. The number of thiophene rings is 1. The molecule has 136 valence electrons. The van der Waals surface area contributed by atoms with Crippen LogP contribution in [-0.4, -0.2) is 50.1 Å². The highest BCUT2D eigenvalue weighted by Crippen LogP contribution is 2.20. The second-order valence-electron chi connectivity index (χ2n) is 6.91. The number of carbonyl (C=O) groups excluding carboxylic acids is 1. The van der Waals surface area contributed by atoms with E-state index in [1.807, 2.05) is 0 Å². The molecule has 1 atom stereocenters. The van der Waals surface area contributed by atoms with E-state index in [1.54, 1.807) is 11.3 Å². The standard InChI is InChI=1S/C18H29N3OS.ClH/c22-18(20-9-5-17-4-2-12-23-17)16-6-10-21(11-7-16)14-15-3-1-8-19-13-15;/h2,4,12,15-16,19H,1,3,5-11,13-14H2,(H,20,22);1H. The van der Waals surface area contributed by atoms with E-state index >= 15 is 0 Å². The fraction of sp³-hybridized carbons (Fsp3) is 0.722. The Morgan fingerprint density at radius 2 is 2.17 bits per heavy atom. The highest BCUT2D eigenvalue weighted by molar-refractivity contribution is 7.09. The molecule has 4 nitrogen and oxygen atoms in total. The molecule has 2 aliphatic heterocycles. The van der Waals surface area contributed by atoms with E-state index in [4.69, 9.17) is 0 Å². The Balaban J connectivity index is 0.00000208. The number of rotatable bonds is 6. The van der Waals surface area contributed by atoms with Gasteiger partial charge in [-0.3, -0.25) is 4.79 Å². The van der Waals surface area contributed by atoms with Gasteiger partial charge in [0.1, 0.15) is 0 Å². The summed E-state index contributed by atoms with van der Waals surface area (Å²) in [5, 5.41) is 8.71. The molecule has 2 fully saturated rings. The van der Waals surface area contributed by atoms with Gasteiger partial charge in [0.05, 0.1) is 0 Å². The molecule has 24 heavy (non-hydrogen) atoms. The average molecular weight is 372 g/mol. The molecule has 1 aromatic heterocycles. The molecule has 6 heteroatoms. The van der Waals surface area contributed by atoms with E-state index in [1.165, 1.54) is 37.4 Å². The van der Waals surface area contributed by atoms with Crippen LogP contribution in [-0.2, 0) is 11.2 Å². The van der Waals surface area contributed by atoms with Gasteiger partial charge in [-0.1, -0.05) is 6.07 Å². The van der Waals surface area contributed by atoms with E-state index in [9.17, 15) is 4.79 Å². The van der Waals surface area contributed by atoms with Gasteiger partial charge in [0.2, 0.25) is 5.91 Å². The summed E-state index contributed by atoms with van der Waals surface area (Å²) in [6.45, 7) is 6.50. The quantitative estimate of drug-likeness (QED) is 0.807. The van der Waals surface area contributed by atoms with Crippen LogP contribution in [0.25, 0.3) is 0 Å². The molecule has 2 saturated heterocycles. The third-order valence-corrected chi connectivity index (χ3v) is 6.06. The summed E-state index contributed by atoms with van der Waals surface area (Å²) in [4.78, 5) is 16.2. The summed E-state index contributed by atoms with van der Waals surface area (Å²) in [5.74, 6) is 1.29. The van der Waals surface area contributed by atoms with Crippen molar-refractivity contribution in [1.82, 2.24) is 15.5 Å². The summed E-state index contributed by atoms with van der Waals surface area (Å²) in [6, 6.07) is 4.20. The zero-order valence-electron chi connectivity index (χ0n) is 14.3. The summed E-state index contributed by atoms with van der Waals surface area (Å²) >= 11 is 1.76. The zero-order valence-corrected chi connectivity index (χ0v) is 16.0. The number of hydrogen-bond donors (Lipinski definition) is 2. The summed E-state index contributed by atoms with van der Waals surface area (Å²) in [7, 11) is 0. The third-order valence-electron chi connectivity index (χ3n) is 5.12. The summed E-state index contributed by atoms with van der Waals surface area (Å²) in [5.41, 5.74) is 0. The van der Waals surface area contributed by atoms with Crippen molar-refractivity contribution in [2.45, 2.75) is 32.1 Å². The van der Waals surface area contributed by atoms with Crippen molar-refractivity contribution < 1.29 is 4.79 Å². The van der Waals surface area contributed by atoms with Crippen LogP contribution in [0.5, 0.6) is 0 Å². The highest BCUT2D eigenvalue weighted by atomic mass is 35.5. The molecule has 3 rings (SSSR count). The maximum Gasteiger partial charge on any atom is 0.223 e. The predicted octanol–water partition coefficient (Wildman–Crippen LogP) is 2.54. The molecular formula is C18H30ClN3OS. The van der Waals surface area contributed by atoms with Crippen molar-refractivity contribution in [3.05, 3.63) is 22.4 Å². The molecule has 0 bridgehead atoms. The molecule has 0 saturated carbocycles. The molecule has 1 amide bonds. The van der Waals surface area contributed by atoms with Crippen molar-refractivity contribution in [3.63, 3.8) is 0 Å². The summed E-state index contributed by atoms with van der Waals surface area (Å²) in [6.07, 6.45) is 5.66. The number of likely N-dealkylation sites (tertiary alicyclic amines) is 1. The first kappa shape index (κ1) is 19.7. The minimum atomic E-state index is 0. The first-order valence-corrected chi connectivity index (χ1v) is 9.92. The Labute approximate surface area is 155 Å².